The van der Waals surface area contributed by atoms with Gasteiger partial charge in [-0.25, -0.2) is 0 Å². The largest absolute Gasteiger partial charge is 0.256 e. The van der Waals surface area contributed by atoms with E-state index < -0.39 is 8.07 Å². The summed E-state index contributed by atoms with van der Waals surface area (Å²) in [5, 5.41) is 5.36. The van der Waals surface area contributed by atoms with Gasteiger partial charge in [-0.3, -0.25) is 9.97 Å². The first-order valence-electron chi connectivity index (χ1n) is 9.61. The minimum atomic E-state index is -1.43. The van der Waals surface area contributed by atoms with Gasteiger partial charge in [0.1, 0.15) is 0 Å². The molecule has 2 heterocycles. The summed E-state index contributed by atoms with van der Waals surface area (Å²) < 4.78 is 0. The van der Waals surface area contributed by atoms with Crippen LogP contribution in [0.1, 0.15) is 25.0 Å². The predicted molar refractivity (Wildman–Crippen MR) is 118 cm³/mol. The zero-order valence-electron chi connectivity index (χ0n) is 16.6. The summed E-state index contributed by atoms with van der Waals surface area (Å²) in [5.41, 5.74) is 5.98. The molecule has 0 saturated heterocycles. The van der Waals surface area contributed by atoms with E-state index in [1.54, 1.807) is 0 Å². The Morgan fingerprint density at radius 3 is 2.48 bits per heavy atom. The van der Waals surface area contributed by atoms with Gasteiger partial charge in [-0.2, -0.15) is 0 Å². The molecule has 0 fully saturated rings. The van der Waals surface area contributed by atoms with E-state index in [-0.39, 0.29) is 5.41 Å². The van der Waals surface area contributed by atoms with E-state index in [0.717, 1.165) is 11.2 Å². The van der Waals surface area contributed by atoms with Gasteiger partial charge in [-0.1, -0.05) is 69.0 Å². The SMILES string of the molecule is CC1(C)c2c(cnc3ccccc23)-c2nccc3cc([Si](C)(C)C)cc1c23. The Kier molecular flexibility index (Phi) is 3.24. The van der Waals surface area contributed by atoms with E-state index in [4.69, 9.17) is 9.97 Å². The molecule has 4 aromatic rings. The van der Waals surface area contributed by atoms with Crippen LogP contribution in [0.4, 0.5) is 0 Å². The minimum absolute atomic E-state index is 0.0954. The molecule has 1 aliphatic rings. The molecule has 27 heavy (non-hydrogen) atoms. The molecular formula is C24H24N2Si. The molecule has 0 radical (unpaired) electrons. The van der Waals surface area contributed by atoms with Gasteiger partial charge in [0.2, 0.25) is 0 Å². The molecule has 2 aromatic heterocycles. The number of hydrogen-bond donors (Lipinski definition) is 0. The lowest BCUT2D eigenvalue weighted by atomic mass is 9.69. The predicted octanol–water partition coefficient (Wildman–Crippen LogP) is 5.63. The zero-order chi connectivity index (χ0) is 19.0. The van der Waals surface area contributed by atoms with Gasteiger partial charge in [0.15, 0.2) is 0 Å². The number of hydrogen-bond acceptors (Lipinski definition) is 2. The molecule has 5 rings (SSSR count). The highest BCUT2D eigenvalue weighted by Gasteiger charge is 2.37. The van der Waals surface area contributed by atoms with Crippen LogP contribution in [-0.4, -0.2) is 18.0 Å². The van der Waals surface area contributed by atoms with Crippen molar-refractivity contribution in [3.63, 3.8) is 0 Å². The van der Waals surface area contributed by atoms with Crippen LogP contribution in [0.15, 0.2) is 54.9 Å². The molecule has 0 unspecified atom stereocenters. The van der Waals surface area contributed by atoms with Crippen molar-refractivity contribution in [2.45, 2.75) is 38.9 Å². The van der Waals surface area contributed by atoms with Crippen molar-refractivity contribution >= 4 is 34.9 Å². The Morgan fingerprint density at radius 1 is 0.926 bits per heavy atom. The van der Waals surface area contributed by atoms with Crippen molar-refractivity contribution in [2.24, 2.45) is 0 Å². The summed E-state index contributed by atoms with van der Waals surface area (Å²) in [4.78, 5) is 9.56. The van der Waals surface area contributed by atoms with E-state index in [1.165, 1.54) is 38.0 Å². The molecule has 0 aliphatic heterocycles. The van der Waals surface area contributed by atoms with Gasteiger partial charge >= 0.3 is 0 Å². The van der Waals surface area contributed by atoms with Crippen molar-refractivity contribution in [3.8, 4) is 11.3 Å². The summed E-state index contributed by atoms with van der Waals surface area (Å²) in [5.74, 6) is 0. The van der Waals surface area contributed by atoms with E-state index >= 15 is 0 Å². The van der Waals surface area contributed by atoms with E-state index in [9.17, 15) is 0 Å². The van der Waals surface area contributed by atoms with Crippen molar-refractivity contribution in [3.05, 3.63) is 66.0 Å². The first-order valence-corrected chi connectivity index (χ1v) is 13.1. The van der Waals surface area contributed by atoms with Crippen LogP contribution in [-0.2, 0) is 5.41 Å². The Hall–Kier alpha value is -2.52. The molecule has 0 amide bonds. The Balaban J connectivity index is 1.99. The Labute approximate surface area is 161 Å². The number of pyridine rings is 2. The zero-order valence-corrected chi connectivity index (χ0v) is 17.6. The molecular weight excluding hydrogens is 344 g/mol. The second-order valence-corrected chi connectivity index (χ2v) is 14.3. The number of rotatable bonds is 1. The fourth-order valence-corrected chi connectivity index (χ4v) is 5.74. The summed E-state index contributed by atoms with van der Waals surface area (Å²) in [6, 6.07) is 15.5. The third kappa shape index (κ3) is 2.24. The lowest BCUT2D eigenvalue weighted by Gasteiger charge is -2.36. The monoisotopic (exact) mass is 368 g/mol. The smallest absolute Gasteiger partial charge is 0.0802 e. The average molecular weight is 369 g/mol. The molecule has 1 aliphatic carbocycles. The van der Waals surface area contributed by atoms with Gasteiger partial charge in [0.05, 0.1) is 19.3 Å². The molecule has 0 bridgehead atoms. The number of fused-ring (bicyclic) bond motifs is 4. The van der Waals surface area contributed by atoms with Gasteiger partial charge in [-0.15, -0.1) is 0 Å². The third-order valence-electron chi connectivity index (χ3n) is 6.06. The van der Waals surface area contributed by atoms with Crippen molar-refractivity contribution < 1.29 is 0 Å². The van der Waals surface area contributed by atoms with Crippen molar-refractivity contribution in [1.82, 2.24) is 9.97 Å². The van der Waals surface area contributed by atoms with Crippen LogP contribution in [0, 0.1) is 0 Å². The molecule has 2 nitrogen and oxygen atoms in total. The molecule has 2 aromatic carbocycles. The second kappa shape index (κ2) is 5.26. The molecule has 0 N–H and O–H groups in total. The number of benzene rings is 2. The fraction of sp³-hybridized carbons (Fsp3) is 0.250. The molecule has 3 heteroatoms. The number of para-hydroxylation sites is 1. The Morgan fingerprint density at radius 2 is 1.70 bits per heavy atom. The van der Waals surface area contributed by atoms with Crippen LogP contribution >= 0.6 is 0 Å². The molecule has 0 saturated carbocycles. The van der Waals surface area contributed by atoms with Crippen LogP contribution in [0.3, 0.4) is 0 Å². The number of nitrogens with zero attached hydrogens (tertiary/aromatic N) is 2. The van der Waals surface area contributed by atoms with E-state index in [1.807, 2.05) is 12.4 Å². The van der Waals surface area contributed by atoms with Crippen molar-refractivity contribution in [2.75, 3.05) is 0 Å². The highest BCUT2D eigenvalue weighted by atomic mass is 28.3. The van der Waals surface area contributed by atoms with Crippen LogP contribution in [0.5, 0.6) is 0 Å². The maximum atomic E-state index is 4.81. The lowest BCUT2D eigenvalue weighted by Crippen LogP contribution is -2.39. The summed E-state index contributed by atoms with van der Waals surface area (Å²) in [7, 11) is -1.43. The maximum absolute atomic E-state index is 4.81. The van der Waals surface area contributed by atoms with Crippen LogP contribution in [0.25, 0.3) is 32.9 Å². The topological polar surface area (TPSA) is 25.8 Å². The normalized spacial score (nSPS) is 15.1. The quantitative estimate of drug-likeness (QED) is 0.407. The number of aromatic nitrogens is 2. The lowest BCUT2D eigenvalue weighted by molar-refractivity contribution is 0.650. The maximum Gasteiger partial charge on any atom is 0.0802 e. The summed E-state index contributed by atoms with van der Waals surface area (Å²) in [6.45, 7) is 12.0. The molecule has 0 atom stereocenters. The summed E-state index contributed by atoms with van der Waals surface area (Å²) in [6.07, 6.45) is 3.98. The van der Waals surface area contributed by atoms with Crippen LogP contribution in [0.2, 0.25) is 19.6 Å². The van der Waals surface area contributed by atoms with Crippen molar-refractivity contribution in [1.29, 1.82) is 0 Å². The standard InChI is InChI=1S/C24H24N2Si/c1-24(2)19-13-16(27(3,4)5)12-15-10-11-25-23(21(15)19)18-14-26-20-9-7-6-8-17(20)22(18)24/h6-14H,1-5H3. The Bertz CT molecular complexity index is 1230. The van der Waals surface area contributed by atoms with Gasteiger partial charge in [0.25, 0.3) is 0 Å². The highest BCUT2D eigenvalue weighted by molar-refractivity contribution is 6.88. The minimum Gasteiger partial charge on any atom is -0.256 e. The van der Waals surface area contributed by atoms with Gasteiger partial charge in [-0.05, 0) is 28.6 Å². The second-order valence-electron chi connectivity index (χ2n) is 9.22. The van der Waals surface area contributed by atoms with Gasteiger partial charge in [0, 0.05) is 34.1 Å². The summed E-state index contributed by atoms with van der Waals surface area (Å²) >= 11 is 0. The average Bonchev–Trinajstić information content (AvgIpc) is 2.64. The highest BCUT2D eigenvalue weighted by Crippen LogP contribution is 2.49. The first-order chi connectivity index (χ1) is 12.8. The van der Waals surface area contributed by atoms with E-state index in [0.29, 0.717) is 0 Å². The van der Waals surface area contributed by atoms with Crippen LogP contribution < -0.4 is 5.19 Å². The first kappa shape index (κ1) is 16.6. The van der Waals surface area contributed by atoms with Gasteiger partial charge < -0.3 is 0 Å². The fourth-order valence-electron chi connectivity index (χ4n) is 4.58. The third-order valence-corrected chi connectivity index (χ3v) is 8.08. The molecule has 0 spiro atoms. The van der Waals surface area contributed by atoms with E-state index in [2.05, 4.69) is 76.0 Å². The molecule has 134 valence electrons.